The second kappa shape index (κ2) is 14.0. The zero-order chi connectivity index (χ0) is 29.6. The Hall–Kier alpha value is -2.94. The Morgan fingerprint density at radius 1 is 0.881 bits per heavy atom. The van der Waals surface area contributed by atoms with Crippen LogP contribution in [0.25, 0.3) is 0 Å². The minimum absolute atomic E-state index is 0.0525. The molecule has 1 aliphatic carbocycles. The topological polar surface area (TPSA) is 87.6 Å². The average Bonchev–Trinajstić information content (AvgIpc) is 3.80. The number of amides is 1. The lowest BCUT2D eigenvalue weighted by Gasteiger charge is -2.48. The van der Waals surface area contributed by atoms with Crippen molar-refractivity contribution in [2.75, 3.05) is 52.4 Å². The number of phenols is 1. The van der Waals surface area contributed by atoms with Gasteiger partial charge in [0, 0.05) is 69.9 Å². The molecule has 228 valence electrons. The van der Waals surface area contributed by atoms with Crippen LogP contribution in [-0.2, 0) is 4.79 Å². The van der Waals surface area contributed by atoms with E-state index >= 15 is 0 Å². The highest BCUT2D eigenvalue weighted by Gasteiger charge is 2.37. The second-order valence-electron chi connectivity index (χ2n) is 12.8. The maximum absolute atomic E-state index is 13.7. The largest absolute Gasteiger partial charge is 0.508 e. The number of carboxylic acids is 1. The summed E-state index contributed by atoms with van der Waals surface area (Å²) in [5.74, 6) is 0.470. The van der Waals surface area contributed by atoms with Crippen LogP contribution in [0.5, 0.6) is 5.75 Å². The van der Waals surface area contributed by atoms with Crippen LogP contribution in [0.4, 0.5) is 0 Å². The summed E-state index contributed by atoms with van der Waals surface area (Å²) in [6, 6.07) is 16.4. The van der Waals surface area contributed by atoms with Crippen LogP contribution >= 0.6 is 0 Å². The fourth-order valence-corrected chi connectivity index (χ4v) is 6.73. The van der Waals surface area contributed by atoms with Crippen molar-refractivity contribution in [3.63, 3.8) is 0 Å². The van der Waals surface area contributed by atoms with Crippen molar-refractivity contribution in [2.45, 2.75) is 70.5 Å². The predicted molar refractivity (Wildman–Crippen MR) is 165 cm³/mol. The van der Waals surface area contributed by atoms with Gasteiger partial charge in [0.1, 0.15) is 5.75 Å². The number of carbonyl (C=O) groups excluding carboxylic acids is 1. The van der Waals surface area contributed by atoms with Crippen molar-refractivity contribution in [1.29, 1.82) is 0 Å². The Bertz CT molecular complexity index is 1210. The molecule has 2 aliphatic heterocycles. The van der Waals surface area contributed by atoms with Gasteiger partial charge in [-0.1, -0.05) is 30.7 Å². The van der Waals surface area contributed by atoms with Gasteiger partial charge in [0.25, 0.3) is 5.91 Å². The van der Waals surface area contributed by atoms with Gasteiger partial charge in [-0.15, -0.1) is 0 Å². The number of piperazine rings is 2. The number of carbonyl (C=O) groups is 2. The average molecular weight is 577 g/mol. The quantitative estimate of drug-likeness (QED) is 0.355. The minimum atomic E-state index is -0.727. The van der Waals surface area contributed by atoms with Gasteiger partial charge >= 0.3 is 5.97 Å². The van der Waals surface area contributed by atoms with Gasteiger partial charge in [-0.3, -0.25) is 24.3 Å². The number of benzene rings is 2. The third-order valence-electron chi connectivity index (χ3n) is 9.34. The zero-order valence-electron chi connectivity index (χ0n) is 25.3. The van der Waals surface area contributed by atoms with Crippen LogP contribution in [0, 0.1) is 5.92 Å². The lowest BCUT2D eigenvalue weighted by molar-refractivity contribution is -0.137. The smallest absolute Gasteiger partial charge is 0.303 e. The first-order valence-electron chi connectivity index (χ1n) is 15.9. The molecule has 0 aromatic heterocycles. The molecule has 42 heavy (non-hydrogen) atoms. The number of phenolic OH excluding ortho intramolecular Hbond substituents is 1. The van der Waals surface area contributed by atoms with Crippen molar-refractivity contribution in [3.05, 3.63) is 65.2 Å². The van der Waals surface area contributed by atoms with E-state index in [1.54, 1.807) is 6.07 Å². The van der Waals surface area contributed by atoms with E-state index in [1.165, 1.54) is 19.4 Å². The van der Waals surface area contributed by atoms with E-state index in [-0.39, 0.29) is 24.1 Å². The third-order valence-corrected chi connectivity index (χ3v) is 9.34. The fraction of sp³-hybridized carbons (Fsp3) is 0.588. The number of hydrogen-bond acceptors (Lipinski definition) is 6. The van der Waals surface area contributed by atoms with Gasteiger partial charge in [0.2, 0.25) is 0 Å². The van der Waals surface area contributed by atoms with Crippen LogP contribution in [0.1, 0.15) is 79.9 Å². The molecule has 2 aromatic carbocycles. The summed E-state index contributed by atoms with van der Waals surface area (Å²) in [5, 5.41) is 19.2. The molecular formula is C34H48N4O4. The highest BCUT2D eigenvalue weighted by atomic mass is 16.4. The number of carboxylic acid groups (broad SMARTS) is 1. The summed E-state index contributed by atoms with van der Waals surface area (Å²) < 4.78 is 0. The summed E-state index contributed by atoms with van der Waals surface area (Å²) in [6.07, 6.45) is 5.59. The molecule has 5 rings (SSSR count). The van der Waals surface area contributed by atoms with Crippen LogP contribution in [0.3, 0.4) is 0 Å². The summed E-state index contributed by atoms with van der Waals surface area (Å²) in [6.45, 7) is 11.8. The van der Waals surface area contributed by atoms with Gasteiger partial charge in [0.15, 0.2) is 0 Å². The second-order valence-corrected chi connectivity index (χ2v) is 12.8. The summed E-state index contributed by atoms with van der Waals surface area (Å²) in [4.78, 5) is 33.9. The Morgan fingerprint density at radius 2 is 1.60 bits per heavy atom. The molecule has 8 nitrogen and oxygen atoms in total. The molecule has 2 aromatic rings. The molecule has 0 bridgehead atoms. The number of hydrogen-bond donors (Lipinski definition) is 2. The molecule has 1 amide bonds. The van der Waals surface area contributed by atoms with Gasteiger partial charge in [-0.25, -0.2) is 0 Å². The molecule has 0 spiro atoms. The Balaban J connectivity index is 1.27. The number of aromatic hydroxyl groups is 1. The molecule has 0 radical (unpaired) electrons. The van der Waals surface area contributed by atoms with Crippen LogP contribution in [0.15, 0.2) is 48.5 Å². The first-order chi connectivity index (χ1) is 20.3. The Labute approximate surface area is 250 Å². The molecule has 8 heteroatoms. The Kier molecular flexibility index (Phi) is 10.2. The monoisotopic (exact) mass is 576 g/mol. The molecule has 3 fully saturated rings. The van der Waals surface area contributed by atoms with E-state index in [0.29, 0.717) is 30.7 Å². The normalized spacial score (nSPS) is 23.1. The lowest BCUT2D eigenvalue weighted by atomic mass is 9.92. The summed E-state index contributed by atoms with van der Waals surface area (Å²) in [5.41, 5.74) is 2.85. The number of unbranched alkanes of at least 4 members (excludes halogenated alkanes) is 2. The third kappa shape index (κ3) is 7.91. The first kappa shape index (κ1) is 30.5. The minimum Gasteiger partial charge on any atom is -0.508 e. The van der Waals surface area contributed by atoms with E-state index in [4.69, 9.17) is 5.11 Å². The molecule has 2 saturated heterocycles. The zero-order valence-corrected chi connectivity index (χ0v) is 25.3. The highest BCUT2D eigenvalue weighted by Crippen LogP contribution is 2.37. The Morgan fingerprint density at radius 3 is 2.29 bits per heavy atom. The van der Waals surface area contributed by atoms with Gasteiger partial charge < -0.3 is 15.1 Å². The fourth-order valence-electron chi connectivity index (χ4n) is 6.73. The van der Waals surface area contributed by atoms with E-state index in [1.807, 2.05) is 29.2 Å². The van der Waals surface area contributed by atoms with E-state index in [9.17, 15) is 14.7 Å². The van der Waals surface area contributed by atoms with E-state index < -0.39 is 5.97 Å². The molecular weight excluding hydrogens is 528 g/mol. The number of rotatable bonds is 12. The SMILES string of the molecule is C[C@@H]1CN(C(c2cccc(O)c2)c2cccc(C(=O)N3CCN(CCCCCC(=O)O)CC3)c2)[C@H](C)CN1CC1CC1. The van der Waals surface area contributed by atoms with Gasteiger partial charge in [0.05, 0.1) is 6.04 Å². The number of nitrogens with zero attached hydrogens (tertiary/aromatic N) is 4. The maximum Gasteiger partial charge on any atom is 0.303 e. The molecule has 3 atom stereocenters. The summed E-state index contributed by atoms with van der Waals surface area (Å²) in [7, 11) is 0. The van der Waals surface area contributed by atoms with Crippen molar-refractivity contribution >= 4 is 11.9 Å². The molecule has 1 saturated carbocycles. The molecule has 2 heterocycles. The van der Waals surface area contributed by atoms with Crippen LogP contribution < -0.4 is 0 Å². The van der Waals surface area contributed by atoms with Crippen molar-refractivity contribution in [2.24, 2.45) is 5.92 Å². The van der Waals surface area contributed by atoms with Crippen molar-refractivity contribution in [1.82, 2.24) is 19.6 Å². The van der Waals surface area contributed by atoms with Crippen LogP contribution in [-0.4, -0.2) is 106 Å². The van der Waals surface area contributed by atoms with Crippen molar-refractivity contribution in [3.8, 4) is 5.75 Å². The molecule has 2 N–H and O–H groups in total. The maximum atomic E-state index is 13.7. The van der Waals surface area contributed by atoms with Gasteiger partial charge in [-0.2, -0.15) is 0 Å². The molecule has 1 unspecified atom stereocenters. The van der Waals surface area contributed by atoms with Gasteiger partial charge in [-0.05, 0) is 87.4 Å². The van der Waals surface area contributed by atoms with E-state index in [0.717, 1.165) is 69.0 Å². The van der Waals surface area contributed by atoms with E-state index in [2.05, 4.69) is 46.7 Å². The lowest BCUT2D eigenvalue weighted by Crippen LogP contribution is -2.57. The highest BCUT2D eigenvalue weighted by molar-refractivity contribution is 5.94. The predicted octanol–water partition coefficient (Wildman–Crippen LogP) is 4.69. The number of aliphatic carboxylic acids is 1. The molecule has 3 aliphatic rings. The van der Waals surface area contributed by atoms with Crippen molar-refractivity contribution < 1.29 is 19.8 Å². The summed E-state index contributed by atoms with van der Waals surface area (Å²) >= 11 is 0. The first-order valence-corrected chi connectivity index (χ1v) is 15.9. The van der Waals surface area contributed by atoms with Crippen LogP contribution in [0.2, 0.25) is 0 Å². The standard InChI is InChI=1S/C34H48N4O4/c1-25-23-38(26(2)22-37(25)24-27-13-14-27)33(29-9-7-11-31(39)21-29)28-8-6-10-30(20-28)34(42)36-18-16-35(17-19-36)15-5-3-4-12-32(40)41/h6-11,20-21,25-27,33,39H,3-5,12-19,22-24H2,1-2H3,(H,40,41)/t25-,26-,33?/m1/s1.